The number of esters is 1. The molecule has 1 saturated heterocycles. The second kappa shape index (κ2) is 9.82. The molecule has 0 atom stereocenters. The van der Waals surface area contributed by atoms with Gasteiger partial charge in [0.05, 0.1) is 19.8 Å². The summed E-state index contributed by atoms with van der Waals surface area (Å²) >= 11 is 0. The van der Waals surface area contributed by atoms with Crippen LogP contribution < -0.4 is 15.0 Å². The fraction of sp³-hybridized carbons (Fsp3) is 0.364. The Morgan fingerprint density at radius 1 is 1.00 bits per heavy atom. The van der Waals surface area contributed by atoms with Gasteiger partial charge < -0.3 is 24.6 Å². The Kier molecular flexibility index (Phi) is 6.94. The number of hydrogen-bond donors (Lipinski definition) is 1. The molecule has 1 heterocycles. The van der Waals surface area contributed by atoms with Crippen LogP contribution in [0.3, 0.4) is 0 Å². The number of nitrogens with one attached hydrogen (secondary N) is 1. The van der Waals surface area contributed by atoms with Crippen molar-refractivity contribution >= 4 is 23.3 Å². The van der Waals surface area contributed by atoms with E-state index in [9.17, 15) is 9.59 Å². The fourth-order valence-electron chi connectivity index (χ4n) is 3.35. The van der Waals surface area contributed by atoms with Crippen LogP contribution >= 0.6 is 0 Å². The number of amides is 1. The van der Waals surface area contributed by atoms with E-state index in [1.54, 1.807) is 25.3 Å². The standard InChI is InChI=1S/C22H27N3O4/c1-28-20-8-6-19(7-9-20)24-12-14-25(15-13-24)21(26)10-11-23-18-5-3-4-17(16-18)22(27)29-2/h3-9,16,23H,10-15H2,1-2H3. The first-order valence-corrected chi connectivity index (χ1v) is 9.69. The van der Waals surface area contributed by atoms with E-state index < -0.39 is 0 Å². The molecule has 0 bridgehead atoms. The molecule has 7 nitrogen and oxygen atoms in total. The number of anilines is 2. The van der Waals surface area contributed by atoms with Gasteiger partial charge >= 0.3 is 5.97 Å². The van der Waals surface area contributed by atoms with Crippen molar-refractivity contribution in [1.82, 2.24) is 4.90 Å². The number of ether oxygens (including phenoxy) is 2. The van der Waals surface area contributed by atoms with E-state index in [-0.39, 0.29) is 11.9 Å². The molecule has 29 heavy (non-hydrogen) atoms. The van der Waals surface area contributed by atoms with Gasteiger partial charge in [0, 0.05) is 50.5 Å². The molecule has 1 N–H and O–H groups in total. The van der Waals surface area contributed by atoms with Gasteiger partial charge in [-0.15, -0.1) is 0 Å². The summed E-state index contributed by atoms with van der Waals surface area (Å²) in [4.78, 5) is 28.3. The molecule has 7 heteroatoms. The molecule has 0 aliphatic carbocycles. The minimum Gasteiger partial charge on any atom is -0.497 e. The average Bonchev–Trinajstić information content (AvgIpc) is 2.79. The molecule has 1 aliphatic heterocycles. The maximum Gasteiger partial charge on any atom is 0.337 e. The summed E-state index contributed by atoms with van der Waals surface area (Å²) in [6.45, 7) is 3.56. The molecule has 3 rings (SSSR count). The Morgan fingerprint density at radius 3 is 2.38 bits per heavy atom. The molecular weight excluding hydrogens is 370 g/mol. The van der Waals surface area contributed by atoms with Crippen molar-refractivity contribution in [2.24, 2.45) is 0 Å². The van der Waals surface area contributed by atoms with Crippen LogP contribution in [0.15, 0.2) is 48.5 Å². The van der Waals surface area contributed by atoms with Crippen molar-refractivity contribution < 1.29 is 19.1 Å². The summed E-state index contributed by atoms with van der Waals surface area (Å²) in [5.74, 6) is 0.600. The normalized spacial score (nSPS) is 13.7. The molecule has 0 aromatic heterocycles. The lowest BCUT2D eigenvalue weighted by Gasteiger charge is -2.36. The highest BCUT2D eigenvalue weighted by Crippen LogP contribution is 2.20. The Balaban J connectivity index is 1.43. The number of piperazine rings is 1. The number of methoxy groups -OCH3 is 2. The van der Waals surface area contributed by atoms with Crippen molar-refractivity contribution in [3.63, 3.8) is 0 Å². The van der Waals surface area contributed by atoms with Gasteiger partial charge in [0.2, 0.25) is 5.91 Å². The second-order valence-electron chi connectivity index (χ2n) is 6.82. The number of nitrogens with zero attached hydrogens (tertiary/aromatic N) is 2. The average molecular weight is 397 g/mol. The maximum atomic E-state index is 12.5. The highest BCUT2D eigenvalue weighted by atomic mass is 16.5. The molecule has 1 fully saturated rings. The summed E-state index contributed by atoms with van der Waals surface area (Å²) in [5.41, 5.74) is 2.42. The van der Waals surface area contributed by atoms with Crippen LogP contribution in [0.5, 0.6) is 5.75 Å². The predicted octanol–water partition coefficient (Wildman–Crippen LogP) is 2.63. The summed E-state index contributed by atoms with van der Waals surface area (Å²) in [6, 6.07) is 15.1. The van der Waals surface area contributed by atoms with Crippen molar-refractivity contribution in [2.45, 2.75) is 6.42 Å². The first kappa shape index (κ1) is 20.5. The molecule has 0 unspecified atom stereocenters. The highest BCUT2D eigenvalue weighted by molar-refractivity contribution is 5.90. The summed E-state index contributed by atoms with van der Waals surface area (Å²) in [6.07, 6.45) is 0.408. The molecule has 2 aromatic rings. The van der Waals surface area contributed by atoms with Crippen LogP contribution in [0, 0.1) is 0 Å². The third-order valence-electron chi connectivity index (χ3n) is 5.02. The minimum absolute atomic E-state index is 0.135. The first-order chi connectivity index (χ1) is 14.1. The Labute approximate surface area is 171 Å². The molecule has 2 aromatic carbocycles. The quantitative estimate of drug-likeness (QED) is 0.725. The van der Waals surface area contributed by atoms with Gasteiger partial charge in [-0.2, -0.15) is 0 Å². The second-order valence-corrected chi connectivity index (χ2v) is 6.82. The molecule has 154 valence electrons. The largest absolute Gasteiger partial charge is 0.497 e. The fourth-order valence-corrected chi connectivity index (χ4v) is 3.35. The summed E-state index contributed by atoms with van der Waals surface area (Å²) in [7, 11) is 3.01. The third-order valence-corrected chi connectivity index (χ3v) is 5.02. The van der Waals surface area contributed by atoms with E-state index in [0.29, 0.717) is 31.6 Å². The molecule has 0 saturated carbocycles. The molecule has 1 amide bonds. The van der Waals surface area contributed by atoms with Crippen LogP contribution in [0.2, 0.25) is 0 Å². The van der Waals surface area contributed by atoms with Crippen molar-refractivity contribution in [3.05, 3.63) is 54.1 Å². The Bertz CT molecular complexity index is 830. The van der Waals surface area contributed by atoms with Crippen molar-refractivity contribution in [1.29, 1.82) is 0 Å². The monoisotopic (exact) mass is 397 g/mol. The van der Waals surface area contributed by atoms with Gasteiger partial charge in [-0.25, -0.2) is 4.79 Å². The van der Waals surface area contributed by atoms with Crippen molar-refractivity contribution in [2.75, 3.05) is 57.2 Å². The Morgan fingerprint density at radius 2 is 1.72 bits per heavy atom. The summed E-state index contributed by atoms with van der Waals surface area (Å²) in [5, 5.41) is 3.20. The van der Waals surface area contributed by atoms with E-state index in [4.69, 9.17) is 9.47 Å². The predicted molar refractivity (Wildman–Crippen MR) is 113 cm³/mol. The van der Waals surface area contributed by atoms with E-state index in [1.165, 1.54) is 7.11 Å². The lowest BCUT2D eigenvalue weighted by Crippen LogP contribution is -2.49. The molecular formula is C22H27N3O4. The third kappa shape index (κ3) is 5.40. The number of rotatable bonds is 7. The first-order valence-electron chi connectivity index (χ1n) is 9.69. The highest BCUT2D eigenvalue weighted by Gasteiger charge is 2.21. The minimum atomic E-state index is -0.376. The zero-order valence-electron chi connectivity index (χ0n) is 16.9. The van der Waals surface area contributed by atoms with E-state index in [0.717, 1.165) is 30.2 Å². The number of carbonyl (C=O) groups is 2. The van der Waals surface area contributed by atoms with Crippen LogP contribution in [0.25, 0.3) is 0 Å². The van der Waals surface area contributed by atoms with Gasteiger partial charge in [-0.05, 0) is 42.5 Å². The smallest absolute Gasteiger partial charge is 0.337 e. The van der Waals surface area contributed by atoms with Gasteiger partial charge in [0.25, 0.3) is 0 Å². The lowest BCUT2D eigenvalue weighted by atomic mass is 10.2. The lowest BCUT2D eigenvalue weighted by molar-refractivity contribution is -0.131. The molecule has 1 aliphatic rings. The van der Waals surface area contributed by atoms with Crippen LogP contribution in [-0.4, -0.2) is 63.7 Å². The van der Waals surface area contributed by atoms with Gasteiger partial charge in [0.1, 0.15) is 5.75 Å². The van der Waals surface area contributed by atoms with E-state index >= 15 is 0 Å². The van der Waals surface area contributed by atoms with Crippen molar-refractivity contribution in [3.8, 4) is 5.75 Å². The molecule has 0 spiro atoms. The topological polar surface area (TPSA) is 71.1 Å². The van der Waals surface area contributed by atoms with Crippen LogP contribution in [-0.2, 0) is 9.53 Å². The van der Waals surface area contributed by atoms with Gasteiger partial charge in [0.15, 0.2) is 0 Å². The van der Waals surface area contributed by atoms with Crippen LogP contribution in [0.1, 0.15) is 16.8 Å². The zero-order valence-corrected chi connectivity index (χ0v) is 16.9. The molecule has 0 radical (unpaired) electrons. The van der Waals surface area contributed by atoms with Crippen LogP contribution in [0.4, 0.5) is 11.4 Å². The zero-order chi connectivity index (χ0) is 20.6. The summed E-state index contributed by atoms with van der Waals surface area (Å²) < 4.78 is 9.93. The Hall–Kier alpha value is -3.22. The number of carbonyl (C=O) groups excluding carboxylic acids is 2. The van der Waals surface area contributed by atoms with Gasteiger partial charge in [-0.1, -0.05) is 6.07 Å². The van der Waals surface area contributed by atoms with E-state index in [2.05, 4.69) is 10.2 Å². The number of hydrogen-bond acceptors (Lipinski definition) is 6. The van der Waals surface area contributed by atoms with Gasteiger partial charge in [-0.3, -0.25) is 4.79 Å². The SMILES string of the molecule is COC(=O)c1cccc(NCCC(=O)N2CCN(c3ccc(OC)cc3)CC2)c1. The number of benzene rings is 2. The van der Waals surface area contributed by atoms with E-state index in [1.807, 2.05) is 35.2 Å². The maximum absolute atomic E-state index is 12.5.